The smallest absolute Gasteiger partial charge is 0.0207 e. The van der Waals surface area contributed by atoms with Crippen LogP contribution in [0.15, 0.2) is 22.7 Å². The minimum absolute atomic E-state index is 0.637. The Morgan fingerprint density at radius 2 is 2.06 bits per heavy atom. The zero-order chi connectivity index (χ0) is 13.5. The number of hydrogen-bond donors (Lipinski definition) is 1. The number of halogens is 1. The molecule has 0 aliphatic carbocycles. The maximum absolute atomic E-state index is 3.57. The van der Waals surface area contributed by atoms with Crippen molar-refractivity contribution in [1.29, 1.82) is 0 Å². The molecule has 102 valence electrons. The maximum atomic E-state index is 3.57. The van der Waals surface area contributed by atoms with Crippen LogP contribution in [0.1, 0.15) is 31.4 Å². The van der Waals surface area contributed by atoms with Crippen LogP contribution in [-0.4, -0.2) is 31.1 Å². The molecule has 0 bridgehead atoms. The number of hydrogen-bond acceptors (Lipinski definition) is 2. The van der Waals surface area contributed by atoms with Gasteiger partial charge in [-0.1, -0.05) is 28.1 Å². The van der Waals surface area contributed by atoms with Crippen molar-refractivity contribution in [3.8, 4) is 0 Å². The zero-order valence-electron chi connectivity index (χ0n) is 12.0. The quantitative estimate of drug-likeness (QED) is 0.774. The molecular formula is C15H25BrN2. The van der Waals surface area contributed by atoms with Gasteiger partial charge in [-0.25, -0.2) is 0 Å². The van der Waals surface area contributed by atoms with Gasteiger partial charge in [-0.2, -0.15) is 0 Å². The first kappa shape index (κ1) is 15.7. The first-order chi connectivity index (χ1) is 8.50. The van der Waals surface area contributed by atoms with E-state index in [0.717, 1.165) is 19.6 Å². The molecule has 0 unspecified atom stereocenters. The molecule has 0 aliphatic heterocycles. The Hall–Kier alpha value is -0.380. The van der Waals surface area contributed by atoms with Gasteiger partial charge in [-0.15, -0.1) is 0 Å². The second-order valence-electron chi connectivity index (χ2n) is 5.19. The molecule has 1 N–H and O–H groups in total. The van der Waals surface area contributed by atoms with Crippen molar-refractivity contribution in [2.24, 2.45) is 0 Å². The normalized spacial score (nSPS) is 11.5. The maximum Gasteiger partial charge on any atom is 0.0207 e. The van der Waals surface area contributed by atoms with E-state index in [1.54, 1.807) is 0 Å². The lowest BCUT2D eigenvalue weighted by Crippen LogP contribution is -2.29. The van der Waals surface area contributed by atoms with Crippen LogP contribution in [0.2, 0.25) is 0 Å². The molecule has 0 aliphatic rings. The molecule has 18 heavy (non-hydrogen) atoms. The monoisotopic (exact) mass is 312 g/mol. The first-order valence-corrected chi connectivity index (χ1v) is 7.46. The molecule has 0 fully saturated rings. The molecule has 3 heteroatoms. The molecule has 0 atom stereocenters. The molecule has 0 radical (unpaired) electrons. The Kier molecular flexibility index (Phi) is 6.90. The summed E-state index contributed by atoms with van der Waals surface area (Å²) in [5.74, 6) is 0. The van der Waals surface area contributed by atoms with E-state index >= 15 is 0 Å². The summed E-state index contributed by atoms with van der Waals surface area (Å²) in [7, 11) is 2.18. The number of nitrogens with zero attached hydrogens (tertiary/aromatic N) is 1. The van der Waals surface area contributed by atoms with Gasteiger partial charge in [0.15, 0.2) is 0 Å². The molecule has 1 aromatic rings. The third-order valence-corrected chi connectivity index (χ3v) is 4.17. The van der Waals surface area contributed by atoms with Crippen LogP contribution in [0.25, 0.3) is 0 Å². The topological polar surface area (TPSA) is 15.3 Å². The van der Waals surface area contributed by atoms with Crippen LogP contribution in [-0.2, 0) is 6.54 Å². The molecule has 2 nitrogen and oxygen atoms in total. The van der Waals surface area contributed by atoms with Crippen molar-refractivity contribution < 1.29 is 0 Å². The highest BCUT2D eigenvalue weighted by atomic mass is 79.9. The molecule has 0 aromatic heterocycles. The van der Waals surface area contributed by atoms with Crippen LogP contribution in [0.4, 0.5) is 0 Å². The standard InChI is InChI=1S/C15H25BrN2/c1-12(2)18(4)9-5-8-17-11-14-7-6-13(3)15(16)10-14/h6-7,10,12,17H,5,8-9,11H2,1-4H3. The predicted molar refractivity (Wildman–Crippen MR) is 83.0 cm³/mol. The van der Waals surface area contributed by atoms with Gasteiger partial charge in [0, 0.05) is 17.1 Å². The molecule has 0 heterocycles. The molecule has 1 aromatic carbocycles. The summed E-state index contributed by atoms with van der Waals surface area (Å²) in [6.07, 6.45) is 1.20. The first-order valence-electron chi connectivity index (χ1n) is 6.66. The van der Waals surface area contributed by atoms with Crippen molar-refractivity contribution in [1.82, 2.24) is 10.2 Å². The number of aryl methyl sites for hydroxylation is 1. The lowest BCUT2D eigenvalue weighted by molar-refractivity contribution is 0.269. The van der Waals surface area contributed by atoms with Crippen LogP contribution < -0.4 is 5.32 Å². The predicted octanol–water partition coefficient (Wildman–Crippen LogP) is 3.58. The zero-order valence-corrected chi connectivity index (χ0v) is 13.5. The number of rotatable bonds is 7. The van der Waals surface area contributed by atoms with E-state index in [-0.39, 0.29) is 0 Å². The molecule has 0 spiro atoms. The Balaban J connectivity index is 2.20. The molecule has 0 amide bonds. The van der Waals surface area contributed by atoms with Crippen molar-refractivity contribution in [3.05, 3.63) is 33.8 Å². The van der Waals surface area contributed by atoms with E-state index in [1.807, 2.05) is 0 Å². The van der Waals surface area contributed by atoms with Gasteiger partial charge < -0.3 is 10.2 Å². The highest BCUT2D eigenvalue weighted by Gasteiger charge is 2.02. The van der Waals surface area contributed by atoms with Crippen molar-refractivity contribution in [2.45, 2.75) is 39.8 Å². The van der Waals surface area contributed by atoms with E-state index in [9.17, 15) is 0 Å². The van der Waals surface area contributed by atoms with E-state index in [4.69, 9.17) is 0 Å². The molecule has 0 saturated carbocycles. The summed E-state index contributed by atoms with van der Waals surface area (Å²) >= 11 is 3.57. The van der Waals surface area contributed by atoms with Gasteiger partial charge in [0.05, 0.1) is 0 Å². The van der Waals surface area contributed by atoms with Crippen molar-refractivity contribution in [3.63, 3.8) is 0 Å². The molecule has 0 saturated heterocycles. The largest absolute Gasteiger partial charge is 0.313 e. The highest BCUT2D eigenvalue weighted by molar-refractivity contribution is 9.10. The van der Waals surface area contributed by atoms with Gasteiger partial charge in [-0.3, -0.25) is 0 Å². The SMILES string of the molecule is Cc1ccc(CNCCCN(C)C(C)C)cc1Br. The minimum atomic E-state index is 0.637. The third kappa shape index (κ3) is 5.51. The van der Waals surface area contributed by atoms with E-state index in [1.165, 1.54) is 22.0 Å². The average Bonchev–Trinajstić information content (AvgIpc) is 2.32. The fourth-order valence-electron chi connectivity index (χ4n) is 1.69. The van der Waals surface area contributed by atoms with Crippen LogP contribution in [0, 0.1) is 6.92 Å². The Labute approximate surface area is 120 Å². The minimum Gasteiger partial charge on any atom is -0.313 e. The lowest BCUT2D eigenvalue weighted by atomic mass is 10.1. The summed E-state index contributed by atoms with van der Waals surface area (Å²) < 4.78 is 1.20. The fourth-order valence-corrected chi connectivity index (χ4v) is 2.12. The highest BCUT2D eigenvalue weighted by Crippen LogP contribution is 2.17. The Morgan fingerprint density at radius 3 is 2.67 bits per heavy atom. The summed E-state index contributed by atoms with van der Waals surface area (Å²) in [5.41, 5.74) is 2.63. The van der Waals surface area contributed by atoms with Gasteiger partial charge in [0.2, 0.25) is 0 Å². The fraction of sp³-hybridized carbons (Fsp3) is 0.600. The van der Waals surface area contributed by atoms with Crippen LogP contribution in [0.3, 0.4) is 0 Å². The van der Waals surface area contributed by atoms with Crippen LogP contribution in [0.5, 0.6) is 0 Å². The van der Waals surface area contributed by atoms with Gasteiger partial charge in [0.25, 0.3) is 0 Å². The second-order valence-corrected chi connectivity index (χ2v) is 6.04. The van der Waals surface area contributed by atoms with E-state index in [0.29, 0.717) is 6.04 Å². The summed E-state index contributed by atoms with van der Waals surface area (Å²) in [6.45, 7) is 9.76. The van der Waals surface area contributed by atoms with E-state index in [2.05, 4.69) is 72.2 Å². The van der Waals surface area contributed by atoms with Gasteiger partial charge in [0.1, 0.15) is 0 Å². The van der Waals surface area contributed by atoms with Crippen LogP contribution >= 0.6 is 15.9 Å². The summed E-state index contributed by atoms with van der Waals surface area (Å²) in [6, 6.07) is 7.18. The average molecular weight is 313 g/mol. The number of benzene rings is 1. The molecule has 1 rings (SSSR count). The van der Waals surface area contributed by atoms with Gasteiger partial charge >= 0.3 is 0 Å². The van der Waals surface area contributed by atoms with E-state index < -0.39 is 0 Å². The van der Waals surface area contributed by atoms with Crippen molar-refractivity contribution >= 4 is 15.9 Å². The Morgan fingerprint density at radius 1 is 1.33 bits per heavy atom. The summed E-state index contributed by atoms with van der Waals surface area (Å²) in [4.78, 5) is 2.38. The Bertz CT molecular complexity index is 364. The number of nitrogens with one attached hydrogen (secondary N) is 1. The summed E-state index contributed by atoms with van der Waals surface area (Å²) in [5, 5.41) is 3.50. The van der Waals surface area contributed by atoms with Crippen molar-refractivity contribution in [2.75, 3.05) is 20.1 Å². The third-order valence-electron chi connectivity index (χ3n) is 3.31. The lowest BCUT2D eigenvalue weighted by Gasteiger charge is -2.20. The molecular weight excluding hydrogens is 288 g/mol. The second kappa shape index (κ2) is 7.93. The van der Waals surface area contributed by atoms with Gasteiger partial charge in [-0.05, 0) is 64.5 Å².